The third-order valence-electron chi connectivity index (χ3n) is 2.55. The summed E-state index contributed by atoms with van der Waals surface area (Å²) in [5.41, 5.74) is 1.45. The first kappa shape index (κ1) is 11.7. The normalized spacial score (nSPS) is 12.7. The van der Waals surface area contributed by atoms with Crippen LogP contribution < -0.4 is 5.32 Å². The second-order valence-electron chi connectivity index (χ2n) is 3.98. The Bertz CT molecular complexity index is 504. The Morgan fingerprint density at radius 3 is 2.76 bits per heavy atom. The zero-order valence-corrected chi connectivity index (χ0v) is 9.99. The number of aromatic nitrogens is 2. The van der Waals surface area contributed by atoms with Crippen molar-refractivity contribution in [1.29, 1.82) is 0 Å². The Kier molecular flexibility index (Phi) is 3.19. The van der Waals surface area contributed by atoms with Crippen LogP contribution in [0.4, 0.5) is 4.39 Å². The third kappa shape index (κ3) is 2.50. The molecule has 4 nitrogen and oxygen atoms in total. The van der Waals surface area contributed by atoms with Crippen LogP contribution in [0.1, 0.15) is 24.4 Å². The van der Waals surface area contributed by atoms with Crippen LogP contribution in [0.5, 0.6) is 0 Å². The molecule has 0 bridgehead atoms. The van der Waals surface area contributed by atoms with Crippen LogP contribution >= 0.6 is 0 Å². The SMILES string of the molecule is CNC(C)c1nc(-c2cc(C)cc(F)c2)no1. The van der Waals surface area contributed by atoms with Crippen molar-refractivity contribution in [2.24, 2.45) is 0 Å². The van der Waals surface area contributed by atoms with Gasteiger partial charge in [0.15, 0.2) is 0 Å². The molecule has 1 N–H and O–H groups in total. The lowest BCUT2D eigenvalue weighted by atomic mass is 10.1. The number of nitrogens with one attached hydrogen (secondary N) is 1. The minimum atomic E-state index is -0.298. The zero-order chi connectivity index (χ0) is 12.4. The molecule has 2 aromatic rings. The van der Waals surface area contributed by atoms with Crippen molar-refractivity contribution in [3.8, 4) is 11.4 Å². The van der Waals surface area contributed by atoms with E-state index in [1.165, 1.54) is 12.1 Å². The average Bonchev–Trinajstić information content (AvgIpc) is 2.76. The first-order valence-corrected chi connectivity index (χ1v) is 5.38. The average molecular weight is 235 g/mol. The van der Waals surface area contributed by atoms with Gasteiger partial charge in [0.1, 0.15) is 5.82 Å². The van der Waals surface area contributed by atoms with E-state index in [0.717, 1.165) is 5.56 Å². The van der Waals surface area contributed by atoms with Gasteiger partial charge in [0.2, 0.25) is 11.7 Å². The maximum Gasteiger partial charge on any atom is 0.243 e. The molecule has 1 heterocycles. The summed E-state index contributed by atoms with van der Waals surface area (Å²) in [5.74, 6) is 0.599. The second kappa shape index (κ2) is 4.63. The molecular weight excluding hydrogens is 221 g/mol. The maximum absolute atomic E-state index is 13.2. The highest BCUT2D eigenvalue weighted by molar-refractivity contribution is 5.55. The molecule has 0 amide bonds. The highest BCUT2D eigenvalue weighted by atomic mass is 19.1. The van der Waals surface area contributed by atoms with E-state index in [2.05, 4.69) is 15.5 Å². The molecule has 1 aromatic heterocycles. The van der Waals surface area contributed by atoms with Gasteiger partial charge in [-0.05, 0) is 44.7 Å². The summed E-state index contributed by atoms with van der Waals surface area (Å²) in [7, 11) is 1.81. The van der Waals surface area contributed by atoms with Gasteiger partial charge in [-0.3, -0.25) is 0 Å². The molecule has 5 heteroatoms. The van der Waals surface area contributed by atoms with Gasteiger partial charge in [0, 0.05) is 5.56 Å². The third-order valence-corrected chi connectivity index (χ3v) is 2.55. The molecule has 1 aromatic carbocycles. The lowest BCUT2D eigenvalue weighted by Gasteiger charge is -2.01. The molecule has 1 unspecified atom stereocenters. The number of aryl methyl sites for hydroxylation is 1. The van der Waals surface area contributed by atoms with Crippen LogP contribution in [0, 0.1) is 12.7 Å². The molecule has 0 aliphatic carbocycles. The van der Waals surface area contributed by atoms with Crippen LogP contribution in [-0.4, -0.2) is 17.2 Å². The Hall–Kier alpha value is -1.75. The molecule has 0 aliphatic heterocycles. The van der Waals surface area contributed by atoms with Crippen LogP contribution in [-0.2, 0) is 0 Å². The Balaban J connectivity index is 2.36. The predicted molar refractivity (Wildman–Crippen MR) is 61.9 cm³/mol. The first-order valence-electron chi connectivity index (χ1n) is 5.38. The molecule has 1 atom stereocenters. The van der Waals surface area contributed by atoms with E-state index in [1.807, 2.05) is 19.9 Å². The van der Waals surface area contributed by atoms with Crippen molar-refractivity contribution in [1.82, 2.24) is 15.5 Å². The summed E-state index contributed by atoms with van der Waals surface area (Å²) in [4.78, 5) is 4.23. The summed E-state index contributed by atoms with van der Waals surface area (Å²) in [6, 6.07) is 4.65. The van der Waals surface area contributed by atoms with Crippen molar-refractivity contribution >= 4 is 0 Å². The monoisotopic (exact) mass is 235 g/mol. The van der Waals surface area contributed by atoms with Gasteiger partial charge in [-0.15, -0.1) is 0 Å². The molecule has 0 fully saturated rings. The van der Waals surface area contributed by atoms with Crippen molar-refractivity contribution < 1.29 is 8.91 Å². The second-order valence-corrected chi connectivity index (χ2v) is 3.98. The number of halogens is 1. The standard InChI is InChI=1S/C12H14FN3O/c1-7-4-9(6-10(13)5-7)11-15-12(17-16-11)8(2)14-3/h4-6,8,14H,1-3H3. The molecule has 0 spiro atoms. The summed E-state index contributed by atoms with van der Waals surface area (Å²) < 4.78 is 18.4. The fourth-order valence-corrected chi connectivity index (χ4v) is 1.52. The molecule has 0 saturated carbocycles. The van der Waals surface area contributed by atoms with Gasteiger partial charge in [0.05, 0.1) is 6.04 Å². The molecule has 0 aliphatic rings. The molecule has 0 saturated heterocycles. The van der Waals surface area contributed by atoms with E-state index < -0.39 is 0 Å². The largest absolute Gasteiger partial charge is 0.337 e. The fourth-order valence-electron chi connectivity index (χ4n) is 1.52. The summed E-state index contributed by atoms with van der Waals surface area (Å²) in [5, 5.41) is 6.84. The Morgan fingerprint density at radius 2 is 2.12 bits per heavy atom. The Morgan fingerprint density at radius 1 is 1.35 bits per heavy atom. The van der Waals surface area contributed by atoms with Crippen LogP contribution in [0.15, 0.2) is 22.7 Å². The fraction of sp³-hybridized carbons (Fsp3) is 0.333. The quantitative estimate of drug-likeness (QED) is 0.887. The van der Waals surface area contributed by atoms with Crippen LogP contribution in [0.2, 0.25) is 0 Å². The van der Waals surface area contributed by atoms with E-state index in [-0.39, 0.29) is 11.9 Å². The number of hydrogen-bond donors (Lipinski definition) is 1. The number of hydrogen-bond acceptors (Lipinski definition) is 4. The van der Waals surface area contributed by atoms with Gasteiger partial charge < -0.3 is 9.84 Å². The van der Waals surface area contributed by atoms with Crippen molar-refractivity contribution in [2.45, 2.75) is 19.9 Å². The number of nitrogens with zero attached hydrogens (tertiary/aromatic N) is 2. The van der Waals surface area contributed by atoms with E-state index in [0.29, 0.717) is 17.3 Å². The lowest BCUT2D eigenvalue weighted by Crippen LogP contribution is -2.12. The molecule has 0 radical (unpaired) electrons. The summed E-state index contributed by atoms with van der Waals surface area (Å²) >= 11 is 0. The zero-order valence-electron chi connectivity index (χ0n) is 9.99. The van der Waals surface area contributed by atoms with Crippen LogP contribution in [0.3, 0.4) is 0 Å². The summed E-state index contributed by atoms with van der Waals surface area (Å²) in [6.45, 7) is 3.73. The smallest absolute Gasteiger partial charge is 0.243 e. The van der Waals surface area contributed by atoms with Gasteiger partial charge in [-0.2, -0.15) is 4.98 Å². The minimum absolute atomic E-state index is 0.0223. The molecular formula is C12H14FN3O. The van der Waals surface area contributed by atoms with Crippen molar-refractivity contribution in [3.05, 3.63) is 35.5 Å². The predicted octanol–water partition coefficient (Wildman–Crippen LogP) is 2.46. The summed E-state index contributed by atoms with van der Waals surface area (Å²) in [6.07, 6.45) is 0. The molecule has 90 valence electrons. The van der Waals surface area contributed by atoms with E-state index >= 15 is 0 Å². The van der Waals surface area contributed by atoms with Crippen molar-refractivity contribution in [2.75, 3.05) is 7.05 Å². The molecule has 17 heavy (non-hydrogen) atoms. The highest BCUT2D eigenvalue weighted by Crippen LogP contribution is 2.20. The van der Waals surface area contributed by atoms with Crippen LogP contribution in [0.25, 0.3) is 11.4 Å². The number of benzene rings is 1. The lowest BCUT2D eigenvalue weighted by molar-refractivity contribution is 0.347. The van der Waals surface area contributed by atoms with E-state index in [1.54, 1.807) is 7.05 Å². The number of rotatable bonds is 3. The minimum Gasteiger partial charge on any atom is -0.337 e. The first-order chi connectivity index (χ1) is 8.10. The highest BCUT2D eigenvalue weighted by Gasteiger charge is 2.14. The van der Waals surface area contributed by atoms with Gasteiger partial charge >= 0.3 is 0 Å². The molecule has 2 rings (SSSR count). The van der Waals surface area contributed by atoms with Gasteiger partial charge in [0.25, 0.3) is 0 Å². The van der Waals surface area contributed by atoms with E-state index in [9.17, 15) is 4.39 Å². The topological polar surface area (TPSA) is 51.0 Å². The van der Waals surface area contributed by atoms with Gasteiger partial charge in [-0.25, -0.2) is 4.39 Å². The maximum atomic E-state index is 13.2. The van der Waals surface area contributed by atoms with Crippen molar-refractivity contribution in [3.63, 3.8) is 0 Å². The Labute approximate surface area is 98.8 Å². The van der Waals surface area contributed by atoms with Gasteiger partial charge in [-0.1, -0.05) is 5.16 Å². The van der Waals surface area contributed by atoms with E-state index in [4.69, 9.17) is 4.52 Å².